The molecule has 0 saturated carbocycles. The lowest BCUT2D eigenvalue weighted by Gasteiger charge is -2.16. The predicted octanol–water partition coefficient (Wildman–Crippen LogP) is 2.31. The molecule has 2 aliphatic heterocycles. The first-order valence-electron chi connectivity index (χ1n) is 9.28. The minimum atomic E-state index is -4.00. The summed E-state index contributed by atoms with van der Waals surface area (Å²) in [6.07, 6.45) is 2.15. The van der Waals surface area contributed by atoms with Crippen LogP contribution in [0.15, 0.2) is 35.2 Å². The summed E-state index contributed by atoms with van der Waals surface area (Å²) in [5.74, 6) is -1.05. The molecule has 1 aromatic heterocycles. The van der Waals surface area contributed by atoms with Crippen LogP contribution >= 0.6 is 0 Å². The number of amides is 1. The monoisotopic (exact) mass is 402 g/mol. The van der Waals surface area contributed by atoms with Crippen molar-refractivity contribution in [3.05, 3.63) is 52.8 Å². The average molecular weight is 402 g/mol. The topological polar surface area (TPSA) is 85.7 Å². The number of benzene rings is 1. The number of carbonyl (C=O) groups is 2. The Balaban J connectivity index is 1.59. The SMILES string of the molecule is Cc1cc(C(=O)CN2C(=O)c3ccccc3S2(=O)=O)c(C)n1C[C@@H]1CCCO1. The van der Waals surface area contributed by atoms with Crippen LogP contribution < -0.4 is 0 Å². The molecule has 0 spiro atoms. The second-order valence-corrected chi connectivity index (χ2v) is 9.10. The number of hydrogen-bond acceptors (Lipinski definition) is 5. The normalized spacial score (nSPS) is 20.6. The van der Waals surface area contributed by atoms with E-state index in [-0.39, 0.29) is 16.6 Å². The van der Waals surface area contributed by atoms with Crippen molar-refractivity contribution in [1.29, 1.82) is 0 Å². The fourth-order valence-corrected chi connectivity index (χ4v) is 5.48. The molecule has 148 valence electrons. The molecule has 28 heavy (non-hydrogen) atoms. The van der Waals surface area contributed by atoms with Gasteiger partial charge in [-0.1, -0.05) is 12.1 Å². The summed E-state index contributed by atoms with van der Waals surface area (Å²) < 4.78 is 33.7. The van der Waals surface area contributed by atoms with Gasteiger partial charge in [0, 0.05) is 30.1 Å². The Labute approximate surface area is 164 Å². The Morgan fingerprint density at radius 2 is 2.00 bits per heavy atom. The molecule has 0 N–H and O–H groups in total. The van der Waals surface area contributed by atoms with E-state index < -0.39 is 28.3 Å². The number of aromatic nitrogens is 1. The molecular formula is C20H22N2O5S. The Morgan fingerprint density at radius 3 is 2.68 bits per heavy atom. The Hall–Kier alpha value is -2.45. The van der Waals surface area contributed by atoms with Gasteiger partial charge in [0.25, 0.3) is 15.9 Å². The van der Waals surface area contributed by atoms with Crippen molar-refractivity contribution >= 4 is 21.7 Å². The maximum absolute atomic E-state index is 12.9. The third-order valence-corrected chi connectivity index (χ3v) is 7.27. The quantitative estimate of drug-likeness (QED) is 0.717. The van der Waals surface area contributed by atoms with Crippen molar-refractivity contribution in [2.75, 3.05) is 13.2 Å². The van der Waals surface area contributed by atoms with Crippen LogP contribution in [0.5, 0.6) is 0 Å². The van der Waals surface area contributed by atoms with Gasteiger partial charge in [-0.2, -0.15) is 0 Å². The lowest BCUT2D eigenvalue weighted by Crippen LogP contribution is -2.35. The maximum atomic E-state index is 12.9. The summed E-state index contributed by atoms with van der Waals surface area (Å²) in [6.45, 7) is 4.67. The molecule has 3 heterocycles. The van der Waals surface area contributed by atoms with Gasteiger partial charge in [0.1, 0.15) is 11.4 Å². The second kappa shape index (κ2) is 6.86. The van der Waals surface area contributed by atoms with E-state index in [0.29, 0.717) is 16.4 Å². The number of ketones is 1. The molecule has 8 heteroatoms. The van der Waals surface area contributed by atoms with E-state index in [1.807, 2.05) is 18.4 Å². The average Bonchev–Trinajstić information content (AvgIpc) is 3.33. The molecule has 1 amide bonds. The molecule has 0 aliphatic carbocycles. The number of nitrogens with zero attached hydrogens (tertiary/aromatic N) is 2. The smallest absolute Gasteiger partial charge is 0.269 e. The Morgan fingerprint density at radius 1 is 1.25 bits per heavy atom. The van der Waals surface area contributed by atoms with Crippen LogP contribution in [0.4, 0.5) is 0 Å². The largest absolute Gasteiger partial charge is 0.376 e. The Bertz CT molecular complexity index is 1060. The zero-order valence-corrected chi connectivity index (χ0v) is 16.7. The zero-order chi connectivity index (χ0) is 20.1. The number of carbonyl (C=O) groups excluding carboxylic acids is 2. The molecule has 1 aromatic carbocycles. The Kier molecular flexibility index (Phi) is 4.63. The van der Waals surface area contributed by atoms with Gasteiger partial charge >= 0.3 is 0 Å². The van der Waals surface area contributed by atoms with Crippen molar-refractivity contribution in [2.24, 2.45) is 0 Å². The highest BCUT2D eigenvalue weighted by Crippen LogP contribution is 2.30. The fourth-order valence-electron chi connectivity index (χ4n) is 3.96. The second-order valence-electron chi connectivity index (χ2n) is 7.27. The number of ether oxygens (including phenoxy) is 1. The van der Waals surface area contributed by atoms with Gasteiger partial charge in [0.2, 0.25) is 0 Å². The third-order valence-electron chi connectivity index (χ3n) is 5.48. The summed E-state index contributed by atoms with van der Waals surface area (Å²) in [4.78, 5) is 25.4. The van der Waals surface area contributed by atoms with E-state index >= 15 is 0 Å². The highest BCUT2D eigenvalue weighted by Gasteiger charge is 2.42. The molecule has 4 rings (SSSR count). The van der Waals surface area contributed by atoms with Crippen molar-refractivity contribution < 1.29 is 22.7 Å². The number of fused-ring (bicyclic) bond motifs is 1. The number of sulfonamides is 1. The van der Waals surface area contributed by atoms with Crippen LogP contribution in [0.1, 0.15) is 44.9 Å². The highest BCUT2D eigenvalue weighted by molar-refractivity contribution is 7.90. The molecule has 0 unspecified atom stereocenters. The van der Waals surface area contributed by atoms with Gasteiger partial charge in [-0.25, -0.2) is 12.7 Å². The van der Waals surface area contributed by atoms with Gasteiger partial charge in [-0.05, 0) is 44.9 Å². The first-order chi connectivity index (χ1) is 13.3. The molecular weight excluding hydrogens is 380 g/mol. The molecule has 1 atom stereocenters. The molecule has 1 fully saturated rings. The molecule has 7 nitrogen and oxygen atoms in total. The van der Waals surface area contributed by atoms with Crippen molar-refractivity contribution in [3.63, 3.8) is 0 Å². The van der Waals surface area contributed by atoms with Gasteiger partial charge in [-0.15, -0.1) is 0 Å². The van der Waals surface area contributed by atoms with Gasteiger partial charge < -0.3 is 9.30 Å². The van der Waals surface area contributed by atoms with Crippen LogP contribution in [0.2, 0.25) is 0 Å². The van der Waals surface area contributed by atoms with Crippen LogP contribution in [0.25, 0.3) is 0 Å². The lowest BCUT2D eigenvalue weighted by molar-refractivity contribution is 0.0820. The number of aryl methyl sites for hydroxylation is 1. The summed E-state index contributed by atoms with van der Waals surface area (Å²) in [7, 11) is -4.00. The maximum Gasteiger partial charge on any atom is 0.269 e. The van der Waals surface area contributed by atoms with E-state index in [1.165, 1.54) is 12.1 Å². The first-order valence-corrected chi connectivity index (χ1v) is 10.7. The standard InChI is InChI=1S/C20H22N2O5S/c1-13-10-17(14(2)21(13)11-15-6-5-9-27-15)18(23)12-22-20(24)16-7-3-4-8-19(16)28(22,25)26/h3-4,7-8,10,15H,5-6,9,11-12H2,1-2H3/t15-/m0/s1. The molecule has 2 aliphatic rings. The molecule has 2 aromatic rings. The molecule has 0 bridgehead atoms. The van der Waals surface area contributed by atoms with E-state index in [9.17, 15) is 18.0 Å². The van der Waals surface area contributed by atoms with Crippen LogP contribution in [0, 0.1) is 13.8 Å². The van der Waals surface area contributed by atoms with Gasteiger partial charge in [-0.3, -0.25) is 9.59 Å². The van der Waals surface area contributed by atoms with E-state index in [4.69, 9.17) is 4.74 Å². The van der Waals surface area contributed by atoms with Crippen molar-refractivity contribution in [1.82, 2.24) is 8.87 Å². The summed E-state index contributed by atoms with van der Waals surface area (Å²) in [5.41, 5.74) is 2.23. The first kappa shape index (κ1) is 18.9. The molecule has 1 saturated heterocycles. The van der Waals surface area contributed by atoms with Crippen molar-refractivity contribution in [2.45, 2.75) is 44.2 Å². The van der Waals surface area contributed by atoms with E-state index in [1.54, 1.807) is 18.2 Å². The van der Waals surface area contributed by atoms with Crippen LogP contribution in [-0.2, 0) is 21.3 Å². The number of Topliss-reactive ketones (excluding diaryl/α,β-unsaturated/α-hetero) is 1. The molecule has 0 radical (unpaired) electrons. The van der Waals surface area contributed by atoms with Crippen LogP contribution in [-0.4, -0.2) is 48.2 Å². The number of hydrogen-bond donors (Lipinski definition) is 0. The minimum Gasteiger partial charge on any atom is -0.376 e. The van der Waals surface area contributed by atoms with Gasteiger partial charge in [0.15, 0.2) is 5.78 Å². The third kappa shape index (κ3) is 2.97. The summed E-state index contributed by atoms with van der Waals surface area (Å²) in [6, 6.07) is 7.78. The lowest BCUT2D eigenvalue weighted by atomic mass is 10.1. The highest BCUT2D eigenvalue weighted by atomic mass is 32.2. The van der Waals surface area contributed by atoms with E-state index in [2.05, 4.69) is 0 Å². The minimum absolute atomic E-state index is 0.0448. The van der Waals surface area contributed by atoms with Crippen molar-refractivity contribution in [3.8, 4) is 0 Å². The van der Waals surface area contributed by atoms with Gasteiger partial charge in [0.05, 0.1) is 11.7 Å². The number of rotatable bonds is 5. The summed E-state index contributed by atoms with van der Waals surface area (Å²) >= 11 is 0. The van der Waals surface area contributed by atoms with E-state index in [0.717, 1.165) is 30.8 Å². The zero-order valence-electron chi connectivity index (χ0n) is 15.8. The van der Waals surface area contributed by atoms with Crippen LogP contribution in [0.3, 0.4) is 0 Å². The predicted molar refractivity (Wildman–Crippen MR) is 102 cm³/mol. The summed E-state index contributed by atoms with van der Waals surface area (Å²) in [5, 5.41) is 0. The fraction of sp³-hybridized carbons (Fsp3) is 0.400.